The molecule has 2 aromatic carbocycles. The van der Waals surface area contributed by atoms with Crippen molar-refractivity contribution in [2.45, 2.75) is 19.3 Å². The standard InChI is InChI=1S/C20H18IN3O2/c21-15-7-3-5-13(11-15)18-17-9-1-2-10-22-19(17)24(23-18)16-8-4-6-14(12-16)20(25)26/h3-8,11-12,22H,1-2,9-10H2,(H,25,26). The van der Waals surface area contributed by atoms with E-state index in [9.17, 15) is 9.90 Å². The Balaban J connectivity index is 1.90. The van der Waals surface area contributed by atoms with Crippen LogP contribution >= 0.6 is 22.6 Å². The number of halogens is 1. The number of anilines is 1. The van der Waals surface area contributed by atoms with Crippen molar-refractivity contribution in [2.75, 3.05) is 11.9 Å². The Labute approximate surface area is 165 Å². The van der Waals surface area contributed by atoms with Crippen LogP contribution in [0.15, 0.2) is 48.5 Å². The molecule has 132 valence electrons. The highest BCUT2D eigenvalue weighted by Gasteiger charge is 2.22. The van der Waals surface area contributed by atoms with Gasteiger partial charge in [0.25, 0.3) is 0 Å². The van der Waals surface area contributed by atoms with E-state index in [0.717, 1.165) is 52.1 Å². The van der Waals surface area contributed by atoms with E-state index in [1.54, 1.807) is 18.2 Å². The molecule has 0 aliphatic carbocycles. The van der Waals surface area contributed by atoms with Crippen LogP contribution in [0.1, 0.15) is 28.8 Å². The minimum Gasteiger partial charge on any atom is -0.478 e. The van der Waals surface area contributed by atoms with Gasteiger partial charge in [-0.1, -0.05) is 18.2 Å². The first-order valence-electron chi connectivity index (χ1n) is 8.59. The Morgan fingerprint density at radius 2 is 2.00 bits per heavy atom. The number of hydrogen-bond donors (Lipinski definition) is 2. The highest BCUT2D eigenvalue weighted by atomic mass is 127. The minimum atomic E-state index is -0.934. The van der Waals surface area contributed by atoms with Gasteiger partial charge in [-0.15, -0.1) is 0 Å². The van der Waals surface area contributed by atoms with Crippen LogP contribution in [0.25, 0.3) is 16.9 Å². The van der Waals surface area contributed by atoms with Gasteiger partial charge < -0.3 is 10.4 Å². The van der Waals surface area contributed by atoms with E-state index >= 15 is 0 Å². The Kier molecular flexibility index (Phi) is 4.67. The van der Waals surface area contributed by atoms with Crippen molar-refractivity contribution in [3.63, 3.8) is 0 Å². The molecular formula is C20H18IN3O2. The maximum absolute atomic E-state index is 11.3. The van der Waals surface area contributed by atoms with Crippen molar-refractivity contribution >= 4 is 34.4 Å². The molecule has 3 aromatic rings. The summed E-state index contributed by atoms with van der Waals surface area (Å²) in [6.45, 7) is 0.892. The molecule has 4 rings (SSSR count). The summed E-state index contributed by atoms with van der Waals surface area (Å²) in [4.78, 5) is 11.3. The number of nitrogens with zero attached hydrogens (tertiary/aromatic N) is 2. The molecule has 0 atom stereocenters. The lowest BCUT2D eigenvalue weighted by atomic mass is 10.0. The first kappa shape index (κ1) is 17.1. The maximum Gasteiger partial charge on any atom is 0.335 e. The fourth-order valence-corrected chi connectivity index (χ4v) is 3.87. The summed E-state index contributed by atoms with van der Waals surface area (Å²) in [5, 5.41) is 17.7. The second-order valence-electron chi connectivity index (χ2n) is 6.34. The number of aromatic carboxylic acids is 1. The lowest BCUT2D eigenvalue weighted by Gasteiger charge is -2.09. The molecule has 26 heavy (non-hydrogen) atoms. The zero-order chi connectivity index (χ0) is 18.1. The zero-order valence-electron chi connectivity index (χ0n) is 14.1. The normalized spacial score (nSPS) is 13.6. The Morgan fingerprint density at radius 1 is 1.15 bits per heavy atom. The number of carbonyl (C=O) groups is 1. The predicted octanol–water partition coefficient (Wildman–Crippen LogP) is 4.59. The van der Waals surface area contributed by atoms with Crippen molar-refractivity contribution in [3.8, 4) is 16.9 Å². The summed E-state index contributed by atoms with van der Waals surface area (Å²) in [6, 6.07) is 15.2. The summed E-state index contributed by atoms with van der Waals surface area (Å²) < 4.78 is 3.01. The SMILES string of the molecule is O=C(O)c1cccc(-n2nc(-c3cccc(I)c3)c3c2NCCCC3)c1. The van der Waals surface area contributed by atoms with Crippen LogP contribution in [-0.4, -0.2) is 27.4 Å². The smallest absolute Gasteiger partial charge is 0.335 e. The Hall–Kier alpha value is -2.35. The van der Waals surface area contributed by atoms with Crippen LogP contribution in [0.5, 0.6) is 0 Å². The van der Waals surface area contributed by atoms with Crippen molar-refractivity contribution in [1.29, 1.82) is 0 Å². The second kappa shape index (κ2) is 7.11. The largest absolute Gasteiger partial charge is 0.478 e. The van der Waals surface area contributed by atoms with Gasteiger partial charge in [-0.25, -0.2) is 9.48 Å². The van der Waals surface area contributed by atoms with Crippen LogP contribution in [0, 0.1) is 3.57 Å². The van der Waals surface area contributed by atoms with E-state index in [-0.39, 0.29) is 5.56 Å². The molecule has 1 aliphatic heterocycles. The van der Waals surface area contributed by atoms with E-state index < -0.39 is 5.97 Å². The lowest BCUT2D eigenvalue weighted by molar-refractivity contribution is 0.0697. The molecule has 0 bridgehead atoms. The van der Waals surface area contributed by atoms with E-state index in [4.69, 9.17) is 5.10 Å². The van der Waals surface area contributed by atoms with Gasteiger partial charge in [0.05, 0.1) is 16.9 Å². The summed E-state index contributed by atoms with van der Waals surface area (Å²) in [5.74, 6) is 0.0368. The average molecular weight is 459 g/mol. The number of benzene rings is 2. The molecule has 0 fully saturated rings. The monoisotopic (exact) mass is 459 g/mol. The number of fused-ring (bicyclic) bond motifs is 1. The van der Waals surface area contributed by atoms with Crippen molar-refractivity contribution in [1.82, 2.24) is 9.78 Å². The van der Waals surface area contributed by atoms with Gasteiger partial charge >= 0.3 is 5.97 Å². The molecule has 1 aromatic heterocycles. The van der Waals surface area contributed by atoms with Gasteiger partial charge in [-0.2, -0.15) is 5.10 Å². The molecule has 6 heteroatoms. The highest BCUT2D eigenvalue weighted by molar-refractivity contribution is 14.1. The lowest BCUT2D eigenvalue weighted by Crippen LogP contribution is -2.08. The molecule has 0 saturated heterocycles. The number of nitrogens with one attached hydrogen (secondary N) is 1. The van der Waals surface area contributed by atoms with Crippen LogP contribution in [0.4, 0.5) is 5.82 Å². The van der Waals surface area contributed by atoms with Crippen LogP contribution in [0.2, 0.25) is 0 Å². The molecule has 1 aliphatic rings. The molecule has 2 N–H and O–H groups in total. The minimum absolute atomic E-state index is 0.260. The van der Waals surface area contributed by atoms with Gasteiger partial charge in [0.1, 0.15) is 5.82 Å². The third kappa shape index (κ3) is 3.21. The Morgan fingerprint density at radius 3 is 2.81 bits per heavy atom. The van der Waals surface area contributed by atoms with Crippen LogP contribution < -0.4 is 5.32 Å². The van der Waals surface area contributed by atoms with Crippen LogP contribution in [0.3, 0.4) is 0 Å². The fourth-order valence-electron chi connectivity index (χ4n) is 3.33. The van der Waals surface area contributed by atoms with Gasteiger partial charge in [0.15, 0.2) is 0 Å². The summed E-state index contributed by atoms with van der Waals surface area (Å²) >= 11 is 2.31. The Bertz CT molecular complexity index is 981. The molecule has 0 radical (unpaired) electrons. The molecule has 2 heterocycles. The van der Waals surface area contributed by atoms with Gasteiger partial charge in [0, 0.05) is 21.2 Å². The third-order valence-electron chi connectivity index (χ3n) is 4.57. The van der Waals surface area contributed by atoms with Crippen LogP contribution in [-0.2, 0) is 6.42 Å². The first-order chi connectivity index (χ1) is 12.6. The summed E-state index contributed by atoms with van der Waals surface area (Å²) in [7, 11) is 0. The molecule has 0 unspecified atom stereocenters. The van der Waals surface area contributed by atoms with Crippen molar-refractivity contribution < 1.29 is 9.90 Å². The quantitative estimate of drug-likeness (QED) is 0.563. The fraction of sp³-hybridized carbons (Fsp3) is 0.200. The average Bonchev–Trinajstić information content (AvgIpc) is 2.83. The number of carboxylic acids is 1. The van der Waals surface area contributed by atoms with Crippen molar-refractivity contribution in [2.24, 2.45) is 0 Å². The molecule has 5 nitrogen and oxygen atoms in total. The van der Waals surface area contributed by atoms with Gasteiger partial charge in [0.2, 0.25) is 0 Å². The highest BCUT2D eigenvalue weighted by Crippen LogP contribution is 2.34. The summed E-state index contributed by atoms with van der Waals surface area (Å²) in [5.41, 5.74) is 4.27. The molecule has 0 spiro atoms. The predicted molar refractivity (Wildman–Crippen MR) is 110 cm³/mol. The van der Waals surface area contributed by atoms with E-state index in [0.29, 0.717) is 0 Å². The van der Waals surface area contributed by atoms with E-state index in [2.05, 4.69) is 46.1 Å². The summed E-state index contributed by atoms with van der Waals surface area (Å²) in [6.07, 6.45) is 3.18. The van der Waals surface area contributed by atoms with Gasteiger partial charge in [-0.05, 0) is 72.2 Å². The third-order valence-corrected chi connectivity index (χ3v) is 5.24. The van der Waals surface area contributed by atoms with E-state index in [1.165, 1.54) is 5.56 Å². The molecular weight excluding hydrogens is 441 g/mol. The van der Waals surface area contributed by atoms with E-state index in [1.807, 2.05) is 16.8 Å². The topological polar surface area (TPSA) is 67.1 Å². The first-order valence-corrected chi connectivity index (χ1v) is 9.67. The van der Waals surface area contributed by atoms with Crippen molar-refractivity contribution in [3.05, 3.63) is 63.2 Å². The molecule has 0 amide bonds. The molecule has 0 saturated carbocycles. The second-order valence-corrected chi connectivity index (χ2v) is 7.58. The number of carboxylic acid groups (broad SMARTS) is 1. The number of aromatic nitrogens is 2. The number of rotatable bonds is 3. The van der Waals surface area contributed by atoms with Gasteiger partial charge in [-0.3, -0.25) is 0 Å². The maximum atomic E-state index is 11.3. The zero-order valence-corrected chi connectivity index (χ0v) is 16.2. The number of hydrogen-bond acceptors (Lipinski definition) is 3.